The summed E-state index contributed by atoms with van der Waals surface area (Å²) in [4.78, 5) is 13.3. The fraction of sp³-hybridized carbons (Fsp3) is 0.143. The van der Waals surface area contributed by atoms with Crippen molar-refractivity contribution in [1.82, 2.24) is 19.5 Å². The first-order valence-corrected chi connectivity index (χ1v) is 8.71. The number of hydrogen-bond donors (Lipinski definition) is 1. The van der Waals surface area contributed by atoms with Crippen LogP contribution in [0.15, 0.2) is 61.2 Å². The van der Waals surface area contributed by atoms with Gasteiger partial charge in [0.25, 0.3) is 0 Å². The van der Waals surface area contributed by atoms with Crippen molar-refractivity contribution in [3.8, 4) is 17.3 Å². The maximum atomic E-state index is 9.05. The third-order valence-electron chi connectivity index (χ3n) is 4.37. The molecule has 4 rings (SSSR count). The van der Waals surface area contributed by atoms with E-state index in [1.54, 1.807) is 24.5 Å². The zero-order valence-corrected chi connectivity index (χ0v) is 15.1. The molecule has 0 spiro atoms. The molecule has 0 saturated carbocycles. The van der Waals surface area contributed by atoms with E-state index in [0.29, 0.717) is 17.6 Å². The third-order valence-corrected chi connectivity index (χ3v) is 4.37. The first kappa shape index (κ1) is 16.7. The molecular weight excluding hydrogens is 336 g/mol. The molecule has 0 radical (unpaired) electrons. The van der Waals surface area contributed by atoms with Crippen molar-refractivity contribution in [2.24, 2.45) is 0 Å². The zero-order valence-electron chi connectivity index (χ0n) is 15.1. The van der Waals surface area contributed by atoms with E-state index in [9.17, 15) is 0 Å². The van der Waals surface area contributed by atoms with Gasteiger partial charge in [0.2, 0.25) is 5.95 Å². The van der Waals surface area contributed by atoms with E-state index in [2.05, 4.69) is 50.9 Å². The van der Waals surface area contributed by atoms with Gasteiger partial charge in [0.1, 0.15) is 0 Å². The molecule has 1 N–H and O–H groups in total. The molecule has 1 aromatic carbocycles. The van der Waals surface area contributed by atoms with E-state index < -0.39 is 0 Å². The minimum atomic E-state index is 0.318. The van der Waals surface area contributed by atoms with E-state index in [-0.39, 0.29) is 0 Å². The van der Waals surface area contributed by atoms with Gasteiger partial charge in [-0.3, -0.25) is 4.98 Å². The average Bonchev–Trinajstić information content (AvgIpc) is 3.08. The first-order chi connectivity index (χ1) is 13.2. The Morgan fingerprint density at radius 3 is 2.85 bits per heavy atom. The maximum absolute atomic E-state index is 9.05. The summed E-state index contributed by atoms with van der Waals surface area (Å²) in [5.74, 6) is 0.488. The van der Waals surface area contributed by atoms with Crippen molar-refractivity contribution in [3.63, 3.8) is 0 Å². The minimum absolute atomic E-state index is 0.318. The number of pyridine rings is 1. The number of fused-ring (bicyclic) bond motifs is 1. The molecule has 0 saturated heterocycles. The number of hydrogen-bond acceptors (Lipinski definition) is 5. The molecule has 0 fully saturated rings. The summed E-state index contributed by atoms with van der Waals surface area (Å²) in [6, 6.07) is 13.6. The number of anilines is 2. The van der Waals surface area contributed by atoms with Crippen LogP contribution < -0.4 is 5.32 Å². The Balaban J connectivity index is 1.75. The summed E-state index contributed by atoms with van der Waals surface area (Å²) in [6.07, 6.45) is 7.52. The highest BCUT2D eigenvalue weighted by molar-refractivity contribution is 5.94. The van der Waals surface area contributed by atoms with Gasteiger partial charge >= 0.3 is 0 Å². The van der Waals surface area contributed by atoms with Crippen LogP contribution in [0.25, 0.3) is 22.2 Å². The van der Waals surface area contributed by atoms with Crippen molar-refractivity contribution in [2.45, 2.75) is 19.9 Å². The topological polar surface area (TPSA) is 79.4 Å². The molecule has 0 unspecified atom stereocenters. The summed E-state index contributed by atoms with van der Waals surface area (Å²) in [6.45, 7) is 4.29. The van der Waals surface area contributed by atoms with Crippen molar-refractivity contribution in [1.29, 1.82) is 5.26 Å². The van der Waals surface area contributed by atoms with Gasteiger partial charge in [0.05, 0.1) is 29.0 Å². The van der Waals surface area contributed by atoms with Crippen LogP contribution in [0, 0.1) is 11.3 Å². The van der Waals surface area contributed by atoms with Crippen LogP contribution in [0.3, 0.4) is 0 Å². The maximum Gasteiger partial charge on any atom is 0.227 e. The largest absolute Gasteiger partial charge is 0.343 e. The number of benzene rings is 1. The Morgan fingerprint density at radius 1 is 1.15 bits per heavy atom. The lowest BCUT2D eigenvalue weighted by Gasteiger charge is -2.08. The normalized spacial score (nSPS) is 10.9. The number of nitrogens with zero attached hydrogens (tertiary/aromatic N) is 5. The molecule has 132 valence electrons. The van der Waals surface area contributed by atoms with E-state index >= 15 is 0 Å². The quantitative estimate of drug-likeness (QED) is 0.575. The van der Waals surface area contributed by atoms with Crippen LogP contribution in [0.2, 0.25) is 0 Å². The van der Waals surface area contributed by atoms with Gasteiger partial charge in [-0.25, -0.2) is 9.97 Å². The minimum Gasteiger partial charge on any atom is -0.343 e. The smallest absolute Gasteiger partial charge is 0.227 e. The van der Waals surface area contributed by atoms with Crippen LogP contribution >= 0.6 is 0 Å². The van der Waals surface area contributed by atoms with Crippen molar-refractivity contribution in [3.05, 3.63) is 66.7 Å². The Kier molecular flexibility index (Phi) is 4.27. The predicted molar refractivity (Wildman–Crippen MR) is 106 cm³/mol. The van der Waals surface area contributed by atoms with Crippen LogP contribution in [0.5, 0.6) is 0 Å². The molecule has 4 aromatic rings. The lowest BCUT2D eigenvalue weighted by atomic mass is 10.1. The molecule has 27 heavy (non-hydrogen) atoms. The standard InChI is InChI=1S/C21H18N6/c1-14(2)27-13-18(17-6-8-23-12-20(17)27)19-7-9-24-21(26-19)25-16-5-3-4-15(10-16)11-22/h3-10,12-14H,1-2H3,(H,24,25,26). The number of nitriles is 1. The van der Waals surface area contributed by atoms with Crippen molar-refractivity contribution in [2.75, 3.05) is 5.32 Å². The van der Waals surface area contributed by atoms with Gasteiger partial charge in [-0.1, -0.05) is 6.07 Å². The molecule has 0 amide bonds. The Labute approximate surface area is 157 Å². The number of aromatic nitrogens is 4. The predicted octanol–water partition coefficient (Wildman–Crippen LogP) is 4.69. The monoisotopic (exact) mass is 354 g/mol. The molecule has 0 atom stereocenters. The van der Waals surface area contributed by atoms with Gasteiger partial charge in [0.15, 0.2) is 0 Å². The molecular formula is C21H18N6. The second-order valence-electron chi connectivity index (χ2n) is 6.52. The lowest BCUT2D eigenvalue weighted by molar-refractivity contribution is 0.622. The third kappa shape index (κ3) is 3.23. The second kappa shape index (κ2) is 6.89. The highest BCUT2D eigenvalue weighted by Gasteiger charge is 2.14. The fourth-order valence-corrected chi connectivity index (χ4v) is 3.09. The Hall–Kier alpha value is -3.72. The van der Waals surface area contributed by atoms with Crippen LogP contribution in [-0.4, -0.2) is 19.5 Å². The van der Waals surface area contributed by atoms with E-state index in [1.165, 1.54) is 0 Å². The molecule has 0 bridgehead atoms. The first-order valence-electron chi connectivity index (χ1n) is 8.71. The lowest BCUT2D eigenvalue weighted by Crippen LogP contribution is -1.99. The van der Waals surface area contributed by atoms with Gasteiger partial charge in [-0.05, 0) is 44.2 Å². The highest BCUT2D eigenvalue weighted by atomic mass is 15.1. The van der Waals surface area contributed by atoms with Gasteiger partial charge in [-0.15, -0.1) is 0 Å². The molecule has 0 aliphatic carbocycles. The van der Waals surface area contributed by atoms with Crippen LogP contribution in [0.4, 0.5) is 11.6 Å². The van der Waals surface area contributed by atoms with Crippen molar-refractivity contribution >= 4 is 22.5 Å². The summed E-state index contributed by atoms with van der Waals surface area (Å²) in [5, 5.41) is 13.3. The van der Waals surface area contributed by atoms with Gasteiger partial charge in [-0.2, -0.15) is 5.26 Å². The number of nitrogens with one attached hydrogen (secondary N) is 1. The molecule has 3 aromatic heterocycles. The Morgan fingerprint density at radius 2 is 2.04 bits per heavy atom. The average molecular weight is 354 g/mol. The molecule has 3 heterocycles. The molecule has 0 aliphatic heterocycles. The molecule has 6 nitrogen and oxygen atoms in total. The van der Waals surface area contributed by atoms with Crippen molar-refractivity contribution < 1.29 is 0 Å². The highest BCUT2D eigenvalue weighted by Crippen LogP contribution is 2.31. The number of rotatable bonds is 4. The SMILES string of the molecule is CC(C)n1cc(-c2ccnc(Nc3cccc(C#N)c3)n2)c2ccncc21. The molecule has 6 heteroatoms. The summed E-state index contributed by atoms with van der Waals surface area (Å²) >= 11 is 0. The van der Waals surface area contributed by atoms with Crippen LogP contribution in [0.1, 0.15) is 25.5 Å². The van der Waals surface area contributed by atoms with E-state index in [4.69, 9.17) is 5.26 Å². The summed E-state index contributed by atoms with van der Waals surface area (Å²) in [5.41, 5.74) is 4.32. The molecule has 0 aliphatic rings. The van der Waals surface area contributed by atoms with E-state index in [1.807, 2.05) is 30.5 Å². The zero-order chi connectivity index (χ0) is 18.8. The second-order valence-corrected chi connectivity index (χ2v) is 6.52. The summed E-state index contributed by atoms with van der Waals surface area (Å²) in [7, 11) is 0. The van der Waals surface area contributed by atoms with E-state index in [0.717, 1.165) is 27.8 Å². The summed E-state index contributed by atoms with van der Waals surface area (Å²) < 4.78 is 2.20. The van der Waals surface area contributed by atoms with Crippen LogP contribution in [-0.2, 0) is 0 Å². The van der Waals surface area contributed by atoms with Gasteiger partial charge in [0, 0.05) is 41.3 Å². The Bertz CT molecular complexity index is 1150. The fourth-order valence-electron chi connectivity index (χ4n) is 3.09. The van der Waals surface area contributed by atoms with Gasteiger partial charge < -0.3 is 9.88 Å².